The lowest BCUT2D eigenvalue weighted by Gasteiger charge is -2.34. The van der Waals surface area contributed by atoms with Crippen molar-refractivity contribution in [3.63, 3.8) is 0 Å². The second-order valence-electron chi connectivity index (χ2n) is 5.58. The van der Waals surface area contributed by atoms with E-state index in [4.69, 9.17) is 4.74 Å². The molecule has 0 amide bonds. The second-order valence-corrected chi connectivity index (χ2v) is 5.58. The highest BCUT2D eigenvalue weighted by Gasteiger charge is 2.21. The molecular formula is C17H26F2IN3O. The number of likely N-dealkylation sites (tertiary alicyclic amines) is 1. The van der Waals surface area contributed by atoms with Crippen LogP contribution in [-0.4, -0.2) is 50.3 Å². The highest BCUT2D eigenvalue weighted by Crippen LogP contribution is 2.14. The number of hydrogen-bond donors (Lipinski definition) is 1. The van der Waals surface area contributed by atoms with E-state index in [0.717, 1.165) is 44.6 Å². The number of hydrogen-bond acceptors (Lipinski definition) is 2. The van der Waals surface area contributed by atoms with E-state index in [1.807, 2.05) is 6.92 Å². The maximum Gasteiger partial charge on any atom is 0.193 e. The SMILES string of the molecule is CCOC1CCN(C(=NC)NCCc2cccc(F)c2F)CC1.I. The van der Waals surface area contributed by atoms with Gasteiger partial charge in [0.2, 0.25) is 0 Å². The molecule has 4 nitrogen and oxygen atoms in total. The fourth-order valence-corrected chi connectivity index (χ4v) is 2.85. The van der Waals surface area contributed by atoms with Gasteiger partial charge in [0, 0.05) is 33.3 Å². The second kappa shape index (κ2) is 10.8. The number of benzene rings is 1. The summed E-state index contributed by atoms with van der Waals surface area (Å²) in [5.41, 5.74) is 0.378. The first-order chi connectivity index (χ1) is 11.2. The summed E-state index contributed by atoms with van der Waals surface area (Å²) in [4.78, 5) is 6.45. The summed E-state index contributed by atoms with van der Waals surface area (Å²) in [5, 5.41) is 3.23. The van der Waals surface area contributed by atoms with Gasteiger partial charge in [0.05, 0.1) is 6.10 Å². The molecule has 2 rings (SSSR count). The first-order valence-corrected chi connectivity index (χ1v) is 8.15. The van der Waals surface area contributed by atoms with Crippen LogP contribution >= 0.6 is 24.0 Å². The Bertz CT molecular complexity index is 535. The molecule has 1 aliphatic heterocycles. The number of piperidine rings is 1. The Hall–Kier alpha value is -0.960. The number of guanidine groups is 1. The normalized spacial score (nSPS) is 16.0. The van der Waals surface area contributed by atoms with Crippen LogP contribution in [0.4, 0.5) is 8.78 Å². The molecule has 0 atom stereocenters. The van der Waals surface area contributed by atoms with Crippen molar-refractivity contribution in [3.8, 4) is 0 Å². The summed E-state index contributed by atoms with van der Waals surface area (Å²) in [6, 6.07) is 4.27. The van der Waals surface area contributed by atoms with E-state index in [1.165, 1.54) is 6.07 Å². The number of rotatable bonds is 5. The molecule has 0 bridgehead atoms. The molecule has 1 aromatic carbocycles. The smallest absolute Gasteiger partial charge is 0.193 e. The minimum Gasteiger partial charge on any atom is -0.378 e. The van der Waals surface area contributed by atoms with Crippen molar-refractivity contribution >= 4 is 29.9 Å². The maximum atomic E-state index is 13.6. The molecule has 0 aliphatic carbocycles. The molecule has 1 fully saturated rings. The summed E-state index contributed by atoms with van der Waals surface area (Å²) in [5.74, 6) is -0.761. The van der Waals surface area contributed by atoms with Crippen LogP contribution in [0.5, 0.6) is 0 Å². The Morgan fingerprint density at radius 1 is 1.33 bits per heavy atom. The van der Waals surface area contributed by atoms with Crippen molar-refractivity contribution < 1.29 is 13.5 Å². The molecule has 0 saturated carbocycles. The first-order valence-electron chi connectivity index (χ1n) is 8.15. The number of halogens is 3. The minimum atomic E-state index is -0.801. The summed E-state index contributed by atoms with van der Waals surface area (Å²) in [6.45, 7) is 5.05. The van der Waals surface area contributed by atoms with Crippen molar-refractivity contribution in [1.82, 2.24) is 10.2 Å². The molecule has 1 saturated heterocycles. The average molecular weight is 453 g/mol. The number of nitrogens with one attached hydrogen (secondary N) is 1. The largest absolute Gasteiger partial charge is 0.378 e. The molecule has 7 heteroatoms. The molecule has 0 radical (unpaired) electrons. The molecule has 1 aromatic rings. The Morgan fingerprint density at radius 3 is 2.67 bits per heavy atom. The lowest BCUT2D eigenvalue weighted by atomic mass is 10.1. The van der Waals surface area contributed by atoms with E-state index in [-0.39, 0.29) is 24.0 Å². The van der Waals surface area contributed by atoms with Crippen molar-refractivity contribution in [3.05, 3.63) is 35.4 Å². The third kappa shape index (κ3) is 5.84. The van der Waals surface area contributed by atoms with E-state index < -0.39 is 11.6 Å². The fraction of sp³-hybridized carbons (Fsp3) is 0.588. The highest BCUT2D eigenvalue weighted by molar-refractivity contribution is 14.0. The Morgan fingerprint density at radius 2 is 2.04 bits per heavy atom. The lowest BCUT2D eigenvalue weighted by molar-refractivity contribution is 0.0264. The van der Waals surface area contributed by atoms with Gasteiger partial charge in [0.25, 0.3) is 0 Å². The van der Waals surface area contributed by atoms with Gasteiger partial charge in [-0.3, -0.25) is 4.99 Å². The Kier molecular flexibility index (Phi) is 9.50. The average Bonchev–Trinajstić information content (AvgIpc) is 2.57. The first kappa shape index (κ1) is 21.1. The molecular weight excluding hydrogens is 427 g/mol. The summed E-state index contributed by atoms with van der Waals surface area (Å²) < 4.78 is 32.4. The minimum absolute atomic E-state index is 0. The van der Waals surface area contributed by atoms with Crippen LogP contribution < -0.4 is 5.32 Å². The third-order valence-corrected chi connectivity index (χ3v) is 4.06. The summed E-state index contributed by atoms with van der Waals surface area (Å²) in [7, 11) is 1.74. The van der Waals surface area contributed by atoms with E-state index in [9.17, 15) is 8.78 Å². The standard InChI is InChI=1S/C17H25F2N3O.HI/c1-3-23-14-8-11-22(12-9-14)17(20-2)21-10-7-13-5-4-6-15(18)16(13)19;/h4-6,14H,3,7-12H2,1-2H3,(H,20,21);1H. The predicted octanol–water partition coefficient (Wildman–Crippen LogP) is 3.20. The van der Waals surface area contributed by atoms with Crippen LogP contribution in [0.15, 0.2) is 23.2 Å². The lowest BCUT2D eigenvalue weighted by Crippen LogP contribution is -2.47. The zero-order valence-electron chi connectivity index (χ0n) is 14.2. The van der Waals surface area contributed by atoms with Crippen molar-refractivity contribution in [2.24, 2.45) is 4.99 Å². The number of aliphatic imine (C=N–C) groups is 1. The molecule has 1 heterocycles. The van der Waals surface area contributed by atoms with Gasteiger partial charge in [-0.2, -0.15) is 0 Å². The van der Waals surface area contributed by atoms with E-state index in [0.29, 0.717) is 24.6 Å². The zero-order valence-corrected chi connectivity index (χ0v) is 16.6. The Labute approximate surface area is 159 Å². The predicted molar refractivity (Wildman–Crippen MR) is 103 cm³/mol. The summed E-state index contributed by atoms with van der Waals surface area (Å²) in [6.07, 6.45) is 2.70. The topological polar surface area (TPSA) is 36.9 Å². The maximum absolute atomic E-state index is 13.6. The summed E-state index contributed by atoms with van der Waals surface area (Å²) >= 11 is 0. The van der Waals surface area contributed by atoms with Gasteiger partial charge in [-0.1, -0.05) is 12.1 Å². The van der Waals surface area contributed by atoms with Crippen LogP contribution in [0.1, 0.15) is 25.3 Å². The van der Waals surface area contributed by atoms with Gasteiger partial charge in [-0.15, -0.1) is 24.0 Å². The van der Waals surface area contributed by atoms with Crippen LogP contribution in [0.2, 0.25) is 0 Å². The van der Waals surface area contributed by atoms with E-state index >= 15 is 0 Å². The van der Waals surface area contributed by atoms with Gasteiger partial charge in [-0.05, 0) is 37.8 Å². The third-order valence-electron chi connectivity index (χ3n) is 4.06. The monoisotopic (exact) mass is 453 g/mol. The van der Waals surface area contributed by atoms with Crippen LogP contribution in [-0.2, 0) is 11.2 Å². The van der Waals surface area contributed by atoms with Crippen molar-refractivity contribution in [2.45, 2.75) is 32.3 Å². The Balaban J connectivity index is 0.00000288. The van der Waals surface area contributed by atoms with E-state index in [2.05, 4.69) is 15.2 Å². The highest BCUT2D eigenvalue weighted by atomic mass is 127. The number of nitrogens with zero attached hydrogens (tertiary/aromatic N) is 2. The zero-order chi connectivity index (χ0) is 16.7. The molecule has 136 valence electrons. The van der Waals surface area contributed by atoms with Gasteiger partial charge in [0.15, 0.2) is 17.6 Å². The molecule has 0 unspecified atom stereocenters. The van der Waals surface area contributed by atoms with Gasteiger partial charge < -0.3 is 15.0 Å². The van der Waals surface area contributed by atoms with Crippen molar-refractivity contribution in [1.29, 1.82) is 0 Å². The van der Waals surface area contributed by atoms with Crippen LogP contribution in [0.3, 0.4) is 0 Å². The molecule has 0 spiro atoms. The molecule has 24 heavy (non-hydrogen) atoms. The number of ether oxygens (including phenoxy) is 1. The van der Waals surface area contributed by atoms with Gasteiger partial charge >= 0.3 is 0 Å². The fourth-order valence-electron chi connectivity index (χ4n) is 2.85. The van der Waals surface area contributed by atoms with Crippen LogP contribution in [0, 0.1) is 11.6 Å². The molecule has 1 N–H and O–H groups in total. The van der Waals surface area contributed by atoms with Gasteiger partial charge in [-0.25, -0.2) is 8.78 Å². The van der Waals surface area contributed by atoms with Gasteiger partial charge in [0.1, 0.15) is 0 Å². The molecule has 0 aromatic heterocycles. The quantitative estimate of drug-likeness (QED) is 0.423. The molecule has 1 aliphatic rings. The van der Waals surface area contributed by atoms with Crippen molar-refractivity contribution in [2.75, 3.05) is 33.3 Å². The van der Waals surface area contributed by atoms with E-state index in [1.54, 1.807) is 13.1 Å². The van der Waals surface area contributed by atoms with Crippen LogP contribution in [0.25, 0.3) is 0 Å².